The maximum Gasteiger partial charge on any atom is 0.348 e. The SMILES string of the molecule is O=C(Nc1ccccc1O)n1[nH]c2c(c1=O)CCCC2. The van der Waals surface area contributed by atoms with Crippen LogP contribution in [0.4, 0.5) is 10.5 Å². The smallest absolute Gasteiger partial charge is 0.348 e. The first-order valence-electron chi connectivity index (χ1n) is 6.59. The molecule has 20 heavy (non-hydrogen) atoms. The van der Waals surface area contributed by atoms with Crippen molar-refractivity contribution in [3.05, 3.63) is 45.9 Å². The molecule has 1 aliphatic carbocycles. The van der Waals surface area contributed by atoms with Gasteiger partial charge in [-0.1, -0.05) is 12.1 Å². The first kappa shape index (κ1) is 12.5. The van der Waals surface area contributed by atoms with Crippen LogP contribution in [0.15, 0.2) is 29.1 Å². The van der Waals surface area contributed by atoms with Crippen molar-refractivity contribution >= 4 is 11.7 Å². The highest BCUT2D eigenvalue weighted by Gasteiger charge is 2.20. The van der Waals surface area contributed by atoms with E-state index in [9.17, 15) is 14.7 Å². The molecule has 0 radical (unpaired) electrons. The zero-order chi connectivity index (χ0) is 14.1. The van der Waals surface area contributed by atoms with Gasteiger partial charge in [0.05, 0.1) is 5.69 Å². The number of hydrogen-bond donors (Lipinski definition) is 3. The van der Waals surface area contributed by atoms with Gasteiger partial charge >= 0.3 is 6.03 Å². The second-order valence-corrected chi connectivity index (χ2v) is 4.86. The van der Waals surface area contributed by atoms with Crippen molar-refractivity contribution in [1.29, 1.82) is 0 Å². The molecule has 1 aromatic heterocycles. The zero-order valence-corrected chi connectivity index (χ0v) is 10.8. The molecule has 1 aliphatic rings. The predicted octanol–water partition coefficient (Wildman–Crippen LogP) is 1.84. The van der Waals surface area contributed by atoms with Gasteiger partial charge in [0.15, 0.2) is 0 Å². The van der Waals surface area contributed by atoms with Gasteiger partial charge in [0, 0.05) is 11.3 Å². The number of H-pyrrole nitrogens is 1. The molecule has 1 aromatic carbocycles. The number of aromatic hydroxyl groups is 1. The molecule has 0 atom stereocenters. The molecule has 6 heteroatoms. The normalized spacial score (nSPS) is 13.8. The van der Waals surface area contributed by atoms with Crippen LogP contribution in [0, 0.1) is 0 Å². The molecule has 3 rings (SSSR count). The summed E-state index contributed by atoms with van der Waals surface area (Å²) < 4.78 is 0.975. The van der Waals surface area contributed by atoms with Gasteiger partial charge in [-0.15, -0.1) is 0 Å². The summed E-state index contributed by atoms with van der Waals surface area (Å²) in [5.41, 5.74) is 1.52. The number of nitrogens with one attached hydrogen (secondary N) is 2. The van der Waals surface area contributed by atoms with Gasteiger partial charge in [-0.2, -0.15) is 4.68 Å². The lowest BCUT2D eigenvalue weighted by molar-refractivity contribution is 0.250. The van der Waals surface area contributed by atoms with E-state index in [1.165, 1.54) is 6.07 Å². The number of fused-ring (bicyclic) bond motifs is 1. The molecule has 0 aliphatic heterocycles. The molecule has 0 bridgehead atoms. The van der Waals surface area contributed by atoms with E-state index >= 15 is 0 Å². The summed E-state index contributed by atoms with van der Waals surface area (Å²) in [5.74, 6) is -0.0368. The molecule has 0 saturated carbocycles. The topological polar surface area (TPSA) is 87.1 Å². The molecule has 1 heterocycles. The highest BCUT2D eigenvalue weighted by Crippen LogP contribution is 2.21. The van der Waals surface area contributed by atoms with Crippen LogP contribution in [-0.4, -0.2) is 20.9 Å². The van der Waals surface area contributed by atoms with Crippen LogP contribution < -0.4 is 10.9 Å². The molecule has 0 saturated heterocycles. The Balaban J connectivity index is 1.90. The lowest BCUT2D eigenvalue weighted by Gasteiger charge is -2.07. The fraction of sp³-hybridized carbons (Fsp3) is 0.286. The fourth-order valence-electron chi connectivity index (χ4n) is 2.48. The maximum atomic E-state index is 12.1. The van der Waals surface area contributed by atoms with Gasteiger partial charge in [0.1, 0.15) is 5.75 Å². The zero-order valence-electron chi connectivity index (χ0n) is 10.8. The number of carbonyl (C=O) groups is 1. The number of benzene rings is 1. The molecule has 0 fully saturated rings. The summed E-state index contributed by atoms with van der Waals surface area (Å²) in [6.07, 6.45) is 3.50. The van der Waals surface area contributed by atoms with Gasteiger partial charge in [-0.05, 0) is 37.8 Å². The van der Waals surface area contributed by atoms with Crippen molar-refractivity contribution in [2.75, 3.05) is 5.32 Å². The lowest BCUT2D eigenvalue weighted by Crippen LogP contribution is -2.30. The standard InChI is InChI=1S/C14H15N3O3/c18-12-8-4-3-7-11(12)15-14(20)17-13(19)9-5-1-2-6-10(9)16-17/h3-4,7-8,16,18H,1-2,5-6H2,(H,15,20). The molecular formula is C14H15N3O3. The van der Waals surface area contributed by atoms with Gasteiger partial charge < -0.3 is 10.4 Å². The Morgan fingerprint density at radius 3 is 2.75 bits per heavy atom. The molecule has 1 amide bonds. The van der Waals surface area contributed by atoms with E-state index in [0.29, 0.717) is 12.0 Å². The Hall–Kier alpha value is -2.50. The minimum Gasteiger partial charge on any atom is -0.506 e. The van der Waals surface area contributed by atoms with Crippen LogP contribution >= 0.6 is 0 Å². The highest BCUT2D eigenvalue weighted by atomic mass is 16.3. The first-order chi connectivity index (χ1) is 9.66. The Bertz CT molecular complexity index is 715. The summed E-state index contributed by atoms with van der Waals surface area (Å²) in [6.45, 7) is 0. The summed E-state index contributed by atoms with van der Waals surface area (Å²) in [7, 11) is 0. The largest absolute Gasteiger partial charge is 0.506 e. The first-order valence-corrected chi connectivity index (χ1v) is 6.59. The molecule has 6 nitrogen and oxygen atoms in total. The number of aromatic amines is 1. The molecule has 3 N–H and O–H groups in total. The Morgan fingerprint density at radius 2 is 2.00 bits per heavy atom. The van der Waals surface area contributed by atoms with Gasteiger partial charge in [0.2, 0.25) is 0 Å². The second kappa shape index (κ2) is 4.88. The number of hydrogen-bond acceptors (Lipinski definition) is 3. The number of aromatic nitrogens is 2. The summed E-state index contributed by atoms with van der Waals surface area (Å²) in [5, 5.41) is 15.0. The second-order valence-electron chi connectivity index (χ2n) is 4.86. The fourth-order valence-corrected chi connectivity index (χ4v) is 2.48. The minimum absolute atomic E-state index is 0.0368. The Labute approximate surface area is 115 Å². The number of phenolic OH excluding ortho intramolecular Hbond substituents is 1. The van der Waals surface area contributed by atoms with Crippen LogP contribution in [0.3, 0.4) is 0 Å². The number of rotatable bonds is 1. The lowest BCUT2D eigenvalue weighted by atomic mass is 9.98. The van der Waals surface area contributed by atoms with E-state index in [4.69, 9.17) is 0 Å². The van der Waals surface area contributed by atoms with Gasteiger partial charge in [-0.25, -0.2) is 4.79 Å². The number of para-hydroxylation sites is 2. The third-order valence-electron chi connectivity index (χ3n) is 3.52. The van der Waals surface area contributed by atoms with Crippen molar-refractivity contribution in [3.63, 3.8) is 0 Å². The van der Waals surface area contributed by atoms with Crippen molar-refractivity contribution in [2.45, 2.75) is 25.7 Å². The Kier molecular flexibility index (Phi) is 3.06. The number of aryl methyl sites for hydroxylation is 1. The molecule has 104 valence electrons. The van der Waals surface area contributed by atoms with Crippen LogP contribution in [0.25, 0.3) is 0 Å². The van der Waals surface area contributed by atoms with E-state index in [-0.39, 0.29) is 17.0 Å². The van der Waals surface area contributed by atoms with Crippen LogP contribution in [0.5, 0.6) is 5.75 Å². The number of anilines is 1. The quantitative estimate of drug-likeness (QED) is 0.693. The van der Waals surface area contributed by atoms with E-state index in [2.05, 4.69) is 10.4 Å². The average Bonchev–Trinajstić information content (AvgIpc) is 2.79. The third kappa shape index (κ3) is 2.09. The van der Waals surface area contributed by atoms with E-state index in [0.717, 1.165) is 29.6 Å². The van der Waals surface area contributed by atoms with Crippen molar-refractivity contribution < 1.29 is 9.90 Å². The molecular weight excluding hydrogens is 258 g/mol. The average molecular weight is 273 g/mol. The van der Waals surface area contributed by atoms with Gasteiger partial charge in [-0.3, -0.25) is 9.89 Å². The van der Waals surface area contributed by atoms with Gasteiger partial charge in [0.25, 0.3) is 5.56 Å². The highest BCUT2D eigenvalue weighted by molar-refractivity contribution is 5.91. The van der Waals surface area contributed by atoms with E-state index in [1.807, 2.05) is 0 Å². The molecule has 2 aromatic rings. The number of amides is 1. The van der Waals surface area contributed by atoms with E-state index < -0.39 is 6.03 Å². The number of phenols is 1. The van der Waals surface area contributed by atoms with Crippen molar-refractivity contribution in [1.82, 2.24) is 9.78 Å². The van der Waals surface area contributed by atoms with Crippen molar-refractivity contribution in [2.24, 2.45) is 0 Å². The maximum absolute atomic E-state index is 12.1. The van der Waals surface area contributed by atoms with Crippen LogP contribution in [0.2, 0.25) is 0 Å². The monoisotopic (exact) mass is 273 g/mol. The summed E-state index contributed by atoms with van der Waals surface area (Å²) >= 11 is 0. The molecule has 0 unspecified atom stereocenters. The van der Waals surface area contributed by atoms with E-state index in [1.54, 1.807) is 18.2 Å². The van der Waals surface area contributed by atoms with Crippen molar-refractivity contribution in [3.8, 4) is 5.75 Å². The summed E-state index contributed by atoms with van der Waals surface area (Å²) in [4.78, 5) is 24.3. The third-order valence-corrected chi connectivity index (χ3v) is 3.52. The number of carbonyl (C=O) groups excluding carboxylic acids is 1. The minimum atomic E-state index is -0.592. The number of nitrogens with zero attached hydrogens (tertiary/aromatic N) is 1. The molecule has 0 spiro atoms. The van der Waals surface area contributed by atoms with Crippen LogP contribution in [0.1, 0.15) is 24.1 Å². The van der Waals surface area contributed by atoms with Crippen LogP contribution in [-0.2, 0) is 12.8 Å². The summed E-state index contributed by atoms with van der Waals surface area (Å²) in [6, 6.07) is 5.80. The predicted molar refractivity (Wildman–Crippen MR) is 74.2 cm³/mol. The Morgan fingerprint density at radius 1 is 1.25 bits per heavy atom.